The van der Waals surface area contributed by atoms with Crippen molar-refractivity contribution in [2.24, 2.45) is 4.99 Å². The summed E-state index contributed by atoms with van der Waals surface area (Å²) in [5, 5.41) is 10.2. The average Bonchev–Trinajstić information content (AvgIpc) is 2.00. The molecule has 0 aromatic carbocycles. The first-order chi connectivity index (χ1) is 5.61. The van der Waals surface area contributed by atoms with Crippen LogP contribution in [0, 0.1) is 10.1 Å². The highest BCUT2D eigenvalue weighted by Crippen LogP contribution is 1.97. The van der Waals surface area contributed by atoms with Gasteiger partial charge in [-0.1, -0.05) is 4.99 Å². The maximum absolute atomic E-state index is 10.2. The minimum absolute atomic E-state index is 0.0901. The van der Waals surface area contributed by atoms with Crippen molar-refractivity contribution >= 4 is 13.0 Å². The number of aliphatic imine (C=N–C) groups is 1. The molecule has 6 heteroatoms. The van der Waals surface area contributed by atoms with Crippen LogP contribution >= 0.6 is 0 Å². The largest absolute Gasteiger partial charge is 0.378 e. The summed E-state index contributed by atoms with van der Waals surface area (Å²) in [6, 6.07) is 0. The van der Waals surface area contributed by atoms with E-state index < -0.39 is 4.92 Å². The van der Waals surface area contributed by atoms with Gasteiger partial charge in [0.15, 0.2) is 0 Å². The predicted octanol–water partition coefficient (Wildman–Crippen LogP) is -0.107. The van der Waals surface area contributed by atoms with Crippen LogP contribution in [0.3, 0.4) is 0 Å². The molecule has 0 rings (SSSR count). The quantitative estimate of drug-likeness (QED) is 0.250. The van der Waals surface area contributed by atoms with Gasteiger partial charge in [-0.15, -0.1) is 0 Å². The Bertz CT molecular complexity index is 224. The van der Waals surface area contributed by atoms with Crippen LogP contribution in [0.15, 0.2) is 17.0 Å². The summed E-state index contributed by atoms with van der Waals surface area (Å²) in [4.78, 5) is 24.0. The van der Waals surface area contributed by atoms with Gasteiger partial charge < -0.3 is 19.8 Å². The molecule has 0 heterocycles. The maximum Gasteiger partial charge on any atom is 0.378 e. The fraction of sp³-hybridized carbons (Fsp3) is 0.333. The van der Waals surface area contributed by atoms with E-state index in [0.717, 1.165) is 6.20 Å². The van der Waals surface area contributed by atoms with Crippen molar-refractivity contribution in [3.8, 4) is 0 Å². The third-order valence-corrected chi connectivity index (χ3v) is 1.05. The van der Waals surface area contributed by atoms with Gasteiger partial charge in [0.25, 0.3) is 0 Å². The second-order valence-electron chi connectivity index (χ2n) is 2.01. The standard InChI is InChI=1S/C6H9N3O3/c1-7-6(9(11)12)5-8(2)3-4-10/h4-5H,1,3H2,2H3/b6-5+. The fourth-order valence-corrected chi connectivity index (χ4v) is 0.513. The van der Waals surface area contributed by atoms with Crippen molar-refractivity contribution in [2.45, 2.75) is 0 Å². The Morgan fingerprint density at radius 1 is 1.83 bits per heavy atom. The molecule has 0 atom stereocenters. The Labute approximate surface area is 69.3 Å². The molecule has 0 aromatic heterocycles. The lowest BCUT2D eigenvalue weighted by Gasteiger charge is -2.06. The molecule has 0 amide bonds. The zero-order valence-corrected chi connectivity index (χ0v) is 6.64. The van der Waals surface area contributed by atoms with Crippen LogP contribution in [0.5, 0.6) is 0 Å². The molecule has 12 heavy (non-hydrogen) atoms. The number of carbonyl (C=O) groups excluding carboxylic acids is 1. The molecule has 0 saturated carbocycles. The Balaban J connectivity index is 4.36. The van der Waals surface area contributed by atoms with Crippen LogP contribution in [0.4, 0.5) is 0 Å². The Kier molecular flexibility index (Phi) is 4.28. The van der Waals surface area contributed by atoms with Gasteiger partial charge in [-0.2, -0.15) is 0 Å². The minimum atomic E-state index is -0.672. The van der Waals surface area contributed by atoms with E-state index >= 15 is 0 Å². The van der Waals surface area contributed by atoms with E-state index in [1.165, 1.54) is 11.9 Å². The molecule has 0 aromatic rings. The predicted molar refractivity (Wildman–Crippen MR) is 43.3 cm³/mol. The number of carbonyl (C=O) groups is 1. The van der Waals surface area contributed by atoms with Crippen molar-refractivity contribution in [3.05, 3.63) is 22.1 Å². The summed E-state index contributed by atoms with van der Waals surface area (Å²) >= 11 is 0. The lowest BCUT2D eigenvalue weighted by Crippen LogP contribution is -2.15. The zero-order valence-electron chi connectivity index (χ0n) is 6.64. The lowest BCUT2D eigenvalue weighted by molar-refractivity contribution is -0.426. The average molecular weight is 171 g/mol. The first kappa shape index (κ1) is 10.3. The highest BCUT2D eigenvalue weighted by Gasteiger charge is 2.06. The van der Waals surface area contributed by atoms with Gasteiger partial charge in [-0.3, -0.25) is 0 Å². The smallest absolute Gasteiger partial charge is 0.367 e. The second kappa shape index (κ2) is 5.00. The molecular weight excluding hydrogens is 162 g/mol. The summed E-state index contributed by atoms with van der Waals surface area (Å²) in [7, 11) is 1.53. The van der Waals surface area contributed by atoms with Crippen molar-refractivity contribution in [1.29, 1.82) is 0 Å². The molecule has 0 aliphatic heterocycles. The summed E-state index contributed by atoms with van der Waals surface area (Å²) in [5.74, 6) is -0.376. The highest BCUT2D eigenvalue weighted by atomic mass is 16.6. The van der Waals surface area contributed by atoms with Gasteiger partial charge in [0.2, 0.25) is 0 Å². The first-order valence-electron chi connectivity index (χ1n) is 3.08. The molecule has 0 saturated heterocycles. The van der Waals surface area contributed by atoms with Gasteiger partial charge in [0, 0.05) is 7.05 Å². The molecule has 6 nitrogen and oxygen atoms in total. The normalized spacial score (nSPS) is 10.6. The first-order valence-corrected chi connectivity index (χ1v) is 3.08. The Morgan fingerprint density at radius 3 is 2.75 bits per heavy atom. The Morgan fingerprint density at radius 2 is 2.42 bits per heavy atom. The van der Waals surface area contributed by atoms with Gasteiger partial charge in [0.05, 0.1) is 12.7 Å². The van der Waals surface area contributed by atoms with E-state index in [1.807, 2.05) is 0 Å². The van der Waals surface area contributed by atoms with Gasteiger partial charge in [0.1, 0.15) is 13.0 Å². The van der Waals surface area contributed by atoms with E-state index in [0.29, 0.717) is 6.29 Å². The lowest BCUT2D eigenvalue weighted by atomic mass is 10.6. The fourth-order valence-electron chi connectivity index (χ4n) is 0.513. The van der Waals surface area contributed by atoms with E-state index in [9.17, 15) is 14.9 Å². The molecule has 0 bridgehead atoms. The third kappa shape index (κ3) is 3.45. The van der Waals surface area contributed by atoms with Crippen molar-refractivity contribution in [2.75, 3.05) is 13.6 Å². The highest BCUT2D eigenvalue weighted by molar-refractivity contribution is 5.52. The second-order valence-corrected chi connectivity index (χ2v) is 2.01. The van der Waals surface area contributed by atoms with Crippen LogP contribution < -0.4 is 0 Å². The van der Waals surface area contributed by atoms with Crippen molar-refractivity contribution in [1.82, 2.24) is 4.90 Å². The minimum Gasteiger partial charge on any atom is -0.367 e. The topological polar surface area (TPSA) is 75.8 Å². The maximum atomic E-state index is 10.2. The number of hydrogen-bond donors (Lipinski definition) is 0. The Hall–Kier alpha value is -1.72. The van der Waals surface area contributed by atoms with E-state index in [-0.39, 0.29) is 12.4 Å². The monoisotopic (exact) mass is 171 g/mol. The van der Waals surface area contributed by atoms with Crippen LogP contribution in [-0.4, -0.2) is 36.4 Å². The van der Waals surface area contributed by atoms with Gasteiger partial charge >= 0.3 is 5.82 Å². The third-order valence-electron chi connectivity index (χ3n) is 1.05. The van der Waals surface area contributed by atoms with Gasteiger partial charge in [-0.25, -0.2) is 0 Å². The van der Waals surface area contributed by atoms with Crippen LogP contribution in [0.1, 0.15) is 0 Å². The van der Waals surface area contributed by atoms with Crippen molar-refractivity contribution in [3.63, 3.8) is 0 Å². The summed E-state index contributed by atoms with van der Waals surface area (Å²) in [5.41, 5.74) is 0. The van der Waals surface area contributed by atoms with Crippen LogP contribution in [-0.2, 0) is 4.79 Å². The van der Waals surface area contributed by atoms with E-state index in [4.69, 9.17) is 0 Å². The number of nitrogens with zero attached hydrogens (tertiary/aromatic N) is 3. The number of likely N-dealkylation sites (N-methyl/N-ethyl adjacent to an activating group) is 1. The zero-order chi connectivity index (χ0) is 9.56. The molecule has 0 N–H and O–H groups in total. The molecule has 0 fully saturated rings. The number of rotatable bonds is 5. The molecule has 0 unspecified atom stereocenters. The number of hydrogen-bond acceptors (Lipinski definition) is 5. The SMILES string of the molecule is C=N/C(=C\N(C)CC=O)[N+](=O)[O-]. The molecule has 66 valence electrons. The molecule has 0 aliphatic rings. The number of aldehydes is 1. The molecule has 0 radical (unpaired) electrons. The summed E-state index contributed by atoms with van der Waals surface area (Å²) < 4.78 is 0. The number of nitro groups is 1. The van der Waals surface area contributed by atoms with Crippen LogP contribution in [0.25, 0.3) is 0 Å². The van der Waals surface area contributed by atoms with Crippen LogP contribution in [0.2, 0.25) is 0 Å². The van der Waals surface area contributed by atoms with Crippen molar-refractivity contribution < 1.29 is 9.72 Å². The summed E-state index contributed by atoms with van der Waals surface area (Å²) in [6.45, 7) is 3.11. The van der Waals surface area contributed by atoms with Gasteiger partial charge in [-0.05, 0) is 4.92 Å². The summed E-state index contributed by atoms with van der Waals surface area (Å²) in [6.07, 6.45) is 1.78. The molecule has 0 spiro atoms. The molecule has 0 aliphatic carbocycles. The molecular formula is C6H9N3O3. The van der Waals surface area contributed by atoms with E-state index in [1.54, 1.807) is 0 Å². The van der Waals surface area contributed by atoms with E-state index in [2.05, 4.69) is 11.7 Å².